The zero-order valence-electron chi connectivity index (χ0n) is 65.5. The van der Waals surface area contributed by atoms with E-state index in [0.29, 0.717) is 27.7 Å². The van der Waals surface area contributed by atoms with Gasteiger partial charge < -0.3 is 40.6 Å². The molecule has 590 valence electrons. The number of pyridine rings is 4. The number of nitrogens with one attached hydrogen (secondary N) is 1. The van der Waals surface area contributed by atoms with E-state index in [2.05, 4.69) is 243 Å². The molecule has 15 nitrogen and oxygen atoms in total. The average molecular weight is 1840 g/mol. The average Bonchev–Trinajstić information content (AvgIpc) is 1.62. The van der Waals surface area contributed by atoms with Gasteiger partial charge in [-0.1, -0.05) is 136 Å². The van der Waals surface area contributed by atoms with Crippen LogP contribution in [0.15, 0.2) is 186 Å². The molecule has 2 saturated carbocycles. The summed E-state index contributed by atoms with van der Waals surface area (Å²) >= 11 is 35.2. The van der Waals surface area contributed by atoms with E-state index in [-0.39, 0.29) is 67.5 Å². The van der Waals surface area contributed by atoms with E-state index >= 15 is 0 Å². The van der Waals surface area contributed by atoms with Crippen LogP contribution in [0, 0.1) is 0 Å². The Morgan fingerprint density at radius 1 is 0.482 bits per heavy atom. The van der Waals surface area contributed by atoms with Gasteiger partial charge in [0.2, 0.25) is 0 Å². The molecule has 14 rings (SSSR count). The first-order valence-corrected chi connectivity index (χ1v) is 43.1. The zero-order chi connectivity index (χ0) is 82.6. The van der Waals surface area contributed by atoms with E-state index < -0.39 is 19.1 Å². The van der Waals surface area contributed by atoms with Gasteiger partial charge in [-0.2, -0.15) is 0 Å². The number of hydrogen-bond acceptors (Lipinski definition) is 16. The number of amides is 1. The first-order valence-electron chi connectivity index (χ1n) is 36.1. The van der Waals surface area contributed by atoms with Crippen LogP contribution in [0.2, 0.25) is 15.1 Å². The molecule has 3 fully saturated rings. The fraction of sp³-hybridized carbons (Fsp3) is 0.329. The third-order valence-corrected chi connectivity index (χ3v) is 24.9. The van der Waals surface area contributed by atoms with Crippen molar-refractivity contribution in [1.82, 2.24) is 25.3 Å². The molecule has 9 heterocycles. The van der Waals surface area contributed by atoms with Crippen LogP contribution in [-0.2, 0) is 31.0 Å². The number of hydrogen-bond donors (Lipinski definition) is 6. The van der Waals surface area contributed by atoms with Gasteiger partial charge in [-0.05, 0) is 254 Å². The van der Waals surface area contributed by atoms with Crippen LogP contribution in [0.4, 0.5) is 0 Å². The summed E-state index contributed by atoms with van der Waals surface area (Å²) in [6.45, 7) is 34.2. The van der Waals surface area contributed by atoms with Gasteiger partial charge in [-0.15, -0.1) is 45.3 Å². The van der Waals surface area contributed by atoms with Crippen LogP contribution in [-0.4, -0.2) is 95.6 Å². The lowest BCUT2D eigenvalue weighted by Crippen LogP contribution is -2.41. The first kappa shape index (κ1) is 91.2. The lowest BCUT2D eigenvalue weighted by Gasteiger charge is -2.32. The summed E-state index contributed by atoms with van der Waals surface area (Å²) in [5.74, 6) is -2.14. The number of carboxylic acid groups (broad SMARTS) is 2. The van der Waals surface area contributed by atoms with Crippen molar-refractivity contribution in [2.45, 2.75) is 181 Å². The van der Waals surface area contributed by atoms with E-state index in [1.807, 2.05) is 71.9 Å². The molecule has 0 radical (unpaired) electrons. The summed E-state index contributed by atoms with van der Waals surface area (Å²) in [4.78, 5) is 55.2. The van der Waals surface area contributed by atoms with Crippen molar-refractivity contribution in [2.24, 2.45) is 5.73 Å². The second-order valence-electron chi connectivity index (χ2n) is 32.1. The van der Waals surface area contributed by atoms with E-state index in [4.69, 9.17) is 70.1 Å². The number of carbonyl (C=O) groups is 3. The van der Waals surface area contributed by atoms with E-state index in [1.54, 1.807) is 63.5 Å². The summed E-state index contributed by atoms with van der Waals surface area (Å²) in [6.07, 6.45) is 12.1. The van der Waals surface area contributed by atoms with Crippen LogP contribution in [0.3, 0.4) is 0 Å². The van der Waals surface area contributed by atoms with Crippen molar-refractivity contribution in [3.05, 3.63) is 241 Å². The second-order valence-corrected chi connectivity index (χ2v) is 40.2. The molecule has 3 aliphatic rings. The molecule has 0 unspecified atom stereocenters. The fourth-order valence-corrected chi connectivity index (χ4v) is 16.3. The largest absolute Gasteiger partial charge is 0.494 e. The third-order valence-electron chi connectivity index (χ3n) is 17.9. The van der Waals surface area contributed by atoms with Crippen molar-refractivity contribution in [3.63, 3.8) is 0 Å². The molecule has 1 amide bonds. The summed E-state index contributed by atoms with van der Waals surface area (Å²) in [7, 11) is -2.00. The summed E-state index contributed by atoms with van der Waals surface area (Å²) in [6, 6.07) is 40.0. The van der Waals surface area contributed by atoms with Gasteiger partial charge >= 0.3 is 26.2 Å². The standard InChI is InChI=1S/C23H23ClN2OS.C20H18ClNO2S.C15H24BNO2.C13H14BrNS.C7H6BClO4.C4H2Br2S.C3H7N/c1-23(2,3)21-12-14(8-9-25-21)20-11-16(13-28-20)18-7-4-15(10-19(18)24)22(27)26-17-5-6-17;1-20(2,3)18-10-12(6-7-22-18)17-9-14(11-25-17)15-5-4-13(19(23)24)8-16(15)21;1-13(2,3)12-10-11(8-9-17-12)16-18-14(4,5)15(6,7)19-16;1-13(2,3)12-6-9(4-5-15-12)11-7-10(14)8-16-11;9-6-3-4(7(10)11)1-2-5(6)8(12)13;5-3-1-4(6)7-2-3;4-3-1-2-3/h4,7-13,17H,5-6H2,1-3H3,(H,26,27);4-11H,1-3H3,(H,23,24);8-10H,1-7H3;4-8H,1-3H3;1-3,12-13H,(H,10,11);1-2H;3H,1-2,4H2. The van der Waals surface area contributed by atoms with Crippen LogP contribution in [0.1, 0.15) is 190 Å². The van der Waals surface area contributed by atoms with Crippen LogP contribution in [0.5, 0.6) is 0 Å². The Kier molecular flexibility index (Phi) is 31.9. The van der Waals surface area contributed by atoms with Crippen molar-refractivity contribution in [3.8, 4) is 53.6 Å². The van der Waals surface area contributed by atoms with E-state index in [0.717, 1.165) is 88.3 Å². The zero-order valence-corrected chi connectivity index (χ0v) is 75.8. The number of nitrogens with zero attached hydrogens (tertiary/aromatic N) is 4. The maximum Gasteiger partial charge on any atom is 0.494 e. The van der Waals surface area contributed by atoms with Gasteiger partial charge in [0.1, 0.15) is 0 Å². The molecule has 0 atom stereocenters. The minimum absolute atomic E-state index is 0.00787. The lowest BCUT2D eigenvalue weighted by atomic mass is 9.77. The smallest absolute Gasteiger partial charge is 0.478 e. The quantitative estimate of drug-likeness (QED) is 0.0661. The Bertz CT molecular complexity index is 5030. The van der Waals surface area contributed by atoms with Gasteiger partial charge in [0, 0.05) is 153 Å². The van der Waals surface area contributed by atoms with Crippen LogP contribution < -0.4 is 22.0 Å². The van der Waals surface area contributed by atoms with Crippen molar-refractivity contribution in [1.29, 1.82) is 0 Å². The minimum atomic E-state index is -1.68. The topological polar surface area (TPSA) is 240 Å². The van der Waals surface area contributed by atoms with Gasteiger partial charge in [0.15, 0.2) is 0 Å². The number of benzene rings is 3. The molecule has 7 N–H and O–H groups in total. The lowest BCUT2D eigenvalue weighted by molar-refractivity contribution is 0.00578. The van der Waals surface area contributed by atoms with Gasteiger partial charge in [0.25, 0.3) is 5.91 Å². The Morgan fingerprint density at radius 3 is 1.19 bits per heavy atom. The van der Waals surface area contributed by atoms with E-state index in [1.165, 1.54) is 56.2 Å². The Labute approximate surface area is 715 Å². The van der Waals surface area contributed by atoms with Gasteiger partial charge in [-0.3, -0.25) is 24.7 Å². The maximum atomic E-state index is 12.2. The Hall–Kier alpha value is -6.29. The molecule has 8 aromatic heterocycles. The van der Waals surface area contributed by atoms with E-state index in [9.17, 15) is 14.4 Å². The Morgan fingerprint density at radius 2 is 0.848 bits per heavy atom. The molecule has 112 heavy (non-hydrogen) atoms. The number of aromatic carboxylic acids is 2. The maximum absolute atomic E-state index is 12.2. The van der Waals surface area contributed by atoms with Crippen molar-refractivity contribution in [2.75, 3.05) is 0 Å². The molecular formula is C85H94B2Br3Cl3N6O9S4. The van der Waals surface area contributed by atoms with Crippen LogP contribution in [0.25, 0.3) is 53.6 Å². The number of aromatic nitrogens is 4. The SMILES string of the molecule is Brc1csc(Br)c1.CC(C)(C)c1cc(-c2cc(-c3ccc(C(=O)NC4CC4)cc3Cl)cs2)ccn1.CC(C)(C)c1cc(-c2cc(-c3ccc(C(=O)O)cc3Cl)cs2)ccn1.CC(C)(C)c1cc(-c2cc(Br)cs2)ccn1.CC(C)(C)c1cc(B2OC(C)(C)C(C)(C)O2)ccn1.NC1CC1.O=C(O)c1ccc(B(O)O)c(Cl)c1. The number of nitrogens with two attached hydrogens (primary N) is 1. The van der Waals surface area contributed by atoms with Crippen molar-refractivity contribution < 1.29 is 44.0 Å². The minimum Gasteiger partial charge on any atom is -0.478 e. The highest BCUT2D eigenvalue weighted by Crippen LogP contribution is 2.41. The predicted molar refractivity (Wildman–Crippen MR) is 479 cm³/mol. The molecule has 1 aliphatic heterocycles. The molecular weight excluding hydrogens is 1740 g/mol. The number of halogens is 6. The highest BCUT2D eigenvalue weighted by Gasteiger charge is 2.52. The molecule has 0 spiro atoms. The molecule has 11 aromatic rings. The monoisotopic (exact) mass is 1830 g/mol. The second kappa shape index (κ2) is 39.1. The van der Waals surface area contributed by atoms with Crippen molar-refractivity contribution >= 4 is 171 Å². The highest BCUT2D eigenvalue weighted by molar-refractivity contribution is 9.11. The number of carboxylic acids is 2. The van der Waals surface area contributed by atoms with Gasteiger partial charge in [0.05, 0.1) is 26.1 Å². The molecule has 2 aliphatic carbocycles. The third kappa shape index (κ3) is 26.9. The summed E-state index contributed by atoms with van der Waals surface area (Å²) in [5, 5.41) is 47.5. The molecule has 1 saturated heterocycles. The molecule has 3 aromatic carbocycles. The summed E-state index contributed by atoms with van der Waals surface area (Å²) in [5.41, 5.74) is 18.3. The van der Waals surface area contributed by atoms with Gasteiger partial charge in [-0.25, -0.2) is 9.59 Å². The number of thiophene rings is 4. The van der Waals surface area contributed by atoms with Crippen LogP contribution >= 0.6 is 128 Å². The molecule has 27 heteroatoms. The Balaban J connectivity index is 0.000000173. The fourth-order valence-electron chi connectivity index (χ4n) is 10.2. The molecule has 0 bridgehead atoms. The normalized spacial score (nSPS) is 14.1. The highest BCUT2D eigenvalue weighted by atomic mass is 79.9. The first-order chi connectivity index (χ1) is 52.3. The number of rotatable bonds is 11. The predicted octanol–water partition coefficient (Wildman–Crippen LogP) is 23.1. The number of carbonyl (C=O) groups excluding carboxylic acids is 1. The summed E-state index contributed by atoms with van der Waals surface area (Å²) < 4.78 is 15.6.